The molecule has 0 unspecified atom stereocenters. The fourth-order valence-electron chi connectivity index (χ4n) is 2.85. The third-order valence-electron chi connectivity index (χ3n) is 4.03. The highest BCUT2D eigenvalue weighted by atomic mass is 35.5. The summed E-state index contributed by atoms with van der Waals surface area (Å²) < 4.78 is 2.11. The van der Waals surface area contributed by atoms with Gasteiger partial charge < -0.3 is 15.0 Å². The van der Waals surface area contributed by atoms with Gasteiger partial charge in [0.15, 0.2) is 0 Å². The number of hydrogen-bond donors (Lipinski definition) is 2. The summed E-state index contributed by atoms with van der Waals surface area (Å²) in [7, 11) is 0. The van der Waals surface area contributed by atoms with E-state index in [9.17, 15) is 0 Å². The number of nitrogens with zero attached hydrogens (tertiary/aromatic N) is 4. The van der Waals surface area contributed by atoms with Crippen LogP contribution in [0.3, 0.4) is 0 Å². The number of rotatable bonds is 5. The molecule has 3 aromatic heterocycles. The summed E-state index contributed by atoms with van der Waals surface area (Å²) in [5.41, 5.74) is 3.82. The second-order valence-electron chi connectivity index (χ2n) is 5.72. The third kappa shape index (κ3) is 3.12. The molecule has 1 aromatic carbocycles. The number of fused-ring (bicyclic) bond motifs is 1. The first-order valence-electron chi connectivity index (χ1n) is 8.15. The molecular formula is C19H16ClN5O. The summed E-state index contributed by atoms with van der Waals surface area (Å²) in [5.74, 6) is 0.485. The van der Waals surface area contributed by atoms with Crippen molar-refractivity contribution in [2.45, 2.75) is 0 Å². The van der Waals surface area contributed by atoms with Gasteiger partial charge >= 0.3 is 0 Å². The first-order chi connectivity index (χ1) is 12.8. The predicted molar refractivity (Wildman–Crippen MR) is 103 cm³/mol. The number of pyridine rings is 1. The normalized spacial score (nSPS) is 11.0. The molecule has 0 atom stereocenters. The summed E-state index contributed by atoms with van der Waals surface area (Å²) in [6, 6.07) is 11.7. The average Bonchev–Trinajstić information content (AvgIpc) is 3.07. The van der Waals surface area contributed by atoms with E-state index < -0.39 is 0 Å². The van der Waals surface area contributed by atoms with Gasteiger partial charge in [-0.15, -0.1) is 0 Å². The van der Waals surface area contributed by atoms with E-state index in [0.717, 1.165) is 27.8 Å². The lowest BCUT2D eigenvalue weighted by Gasteiger charge is -2.11. The van der Waals surface area contributed by atoms with Crippen LogP contribution in [-0.4, -0.2) is 37.8 Å². The van der Waals surface area contributed by atoms with E-state index in [-0.39, 0.29) is 6.61 Å². The van der Waals surface area contributed by atoms with E-state index in [2.05, 4.69) is 30.9 Å². The minimum absolute atomic E-state index is 0.0307. The highest BCUT2D eigenvalue weighted by Gasteiger charge is 2.13. The van der Waals surface area contributed by atoms with Crippen LogP contribution in [0.2, 0.25) is 5.02 Å². The largest absolute Gasteiger partial charge is 0.395 e. The van der Waals surface area contributed by atoms with Crippen LogP contribution in [0.1, 0.15) is 0 Å². The Morgan fingerprint density at radius 3 is 2.54 bits per heavy atom. The number of nitrogens with one attached hydrogen (secondary N) is 1. The molecule has 0 saturated heterocycles. The van der Waals surface area contributed by atoms with Crippen molar-refractivity contribution in [1.82, 2.24) is 19.5 Å². The van der Waals surface area contributed by atoms with E-state index in [1.807, 2.05) is 36.5 Å². The van der Waals surface area contributed by atoms with Gasteiger partial charge in [0.05, 0.1) is 24.0 Å². The predicted octanol–water partition coefficient (Wildman–Crippen LogP) is 3.54. The molecule has 0 amide bonds. The summed E-state index contributed by atoms with van der Waals surface area (Å²) >= 11 is 6.04. The first kappa shape index (κ1) is 16.5. The van der Waals surface area contributed by atoms with Crippen molar-refractivity contribution in [2.75, 3.05) is 18.5 Å². The summed E-state index contributed by atoms with van der Waals surface area (Å²) in [6.07, 6.45) is 7.14. The number of anilines is 1. The van der Waals surface area contributed by atoms with Crippen molar-refractivity contribution in [2.24, 2.45) is 0 Å². The van der Waals surface area contributed by atoms with Crippen molar-refractivity contribution < 1.29 is 5.11 Å². The topological polar surface area (TPSA) is 75.9 Å². The molecule has 7 heteroatoms. The monoisotopic (exact) mass is 365 g/mol. The van der Waals surface area contributed by atoms with Crippen LogP contribution in [-0.2, 0) is 0 Å². The molecule has 0 aliphatic heterocycles. The summed E-state index contributed by atoms with van der Waals surface area (Å²) in [4.78, 5) is 12.9. The van der Waals surface area contributed by atoms with E-state index >= 15 is 0 Å². The Bertz CT molecular complexity index is 1030. The van der Waals surface area contributed by atoms with Crippen LogP contribution in [0.5, 0.6) is 0 Å². The van der Waals surface area contributed by atoms with Crippen LogP contribution in [0.4, 0.5) is 5.95 Å². The van der Waals surface area contributed by atoms with E-state index in [1.54, 1.807) is 18.6 Å². The van der Waals surface area contributed by atoms with Gasteiger partial charge in [-0.05, 0) is 36.4 Å². The Morgan fingerprint density at radius 1 is 1.04 bits per heavy atom. The van der Waals surface area contributed by atoms with E-state index in [0.29, 0.717) is 17.5 Å². The zero-order chi connectivity index (χ0) is 17.9. The second-order valence-corrected chi connectivity index (χ2v) is 6.16. The number of aliphatic hydroxyl groups excluding tert-OH is 1. The lowest BCUT2D eigenvalue weighted by molar-refractivity contribution is 0.311. The molecule has 0 aliphatic carbocycles. The molecule has 6 nitrogen and oxygen atoms in total. The van der Waals surface area contributed by atoms with Crippen LogP contribution in [0.15, 0.2) is 61.2 Å². The minimum atomic E-state index is 0.0307. The SMILES string of the molecule is OCCNc1ncc(-c2cc3ccncc3n2-c2ccc(Cl)cc2)cn1. The van der Waals surface area contributed by atoms with Crippen molar-refractivity contribution in [3.8, 4) is 16.9 Å². The molecule has 4 rings (SSSR count). The van der Waals surface area contributed by atoms with Gasteiger partial charge in [0.1, 0.15) is 0 Å². The maximum absolute atomic E-state index is 8.89. The molecule has 0 radical (unpaired) electrons. The molecule has 0 aliphatic rings. The van der Waals surface area contributed by atoms with Crippen LogP contribution in [0, 0.1) is 0 Å². The van der Waals surface area contributed by atoms with Crippen LogP contribution < -0.4 is 5.32 Å². The minimum Gasteiger partial charge on any atom is -0.395 e. The van der Waals surface area contributed by atoms with Gasteiger partial charge in [0.25, 0.3) is 0 Å². The quantitative estimate of drug-likeness (QED) is 0.565. The van der Waals surface area contributed by atoms with E-state index in [4.69, 9.17) is 16.7 Å². The molecule has 0 bridgehead atoms. The summed E-state index contributed by atoms with van der Waals surface area (Å²) in [5, 5.41) is 13.6. The molecule has 3 heterocycles. The maximum Gasteiger partial charge on any atom is 0.222 e. The molecular weight excluding hydrogens is 350 g/mol. The Hall–Kier alpha value is -2.96. The van der Waals surface area contributed by atoms with E-state index in [1.165, 1.54) is 0 Å². The van der Waals surface area contributed by atoms with Crippen LogP contribution in [0.25, 0.3) is 27.8 Å². The van der Waals surface area contributed by atoms with Gasteiger partial charge in [-0.3, -0.25) is 4.98 Å². The highest BCUT2D eigenvalue weighted by molar-refractivity contribution is 6.30. The molecule has 130 valence electrons. The molecule has 0 fully saturated rings. The number of hydrogen-bond acceptors (Lipinski definition) is 5. The molecule has 0 spiro atoms. The van der Waals surface area contributed by atoms with Gasteiger partial charge in [0.2, 0.25) is 5.95 Å². The highest BCUT2D eigenvalue weighted by Crippen LogP contribution is 2.31. The Kier molecular flexibility index (Phi) is 4.51. The lowest BCUT2D eigenvalue weighted by atomic mass is 10.2. The van der Waals surface area contributed by atoms with Crippen molar-refractivity contribution >= 4 is 28.5 Å². The number of halogens is 1. The molecule has 4 aromatic rings. The molecule has 2 N–H and O–H groups in total. The third-order valence-corrected chi connectivity index (χ3v) is 4.29. The zero-order valence-corrected chi connectivity index (χ0v) is 14.6. The van der Waals surface area contributed by atoms with Crippen molar-refractivity contribution in [3.63, 3.8) is 0 Å². The van der Waals surface area contributed by atoms with Gasteiger partial charge in [0, 0.05) is 46.8 Å². The lowest BCUT2D eigenvalue weighted by Crippen LogP contribution is -2.08. The van der Waals surface area contributed by atoms with Gasteiger partial charge in [-0.25, -0.2) is 9.97 Å². The van der Waals surface area contributed by atoms with Crippen molar-refractivity contribution in [3.05, 3.63) is 66.2 Å². The number of aromatic nitrogens is 4. The van der Waals surface area contributed by atoms with Gasteiger partial charge in [-0.1, -0.05) is 11.6 Å². The number of aliphatic hydroxyl groups is 1. The summed E-state index contributed by atoms with van der Waals surface area (Å²) in [6.45, 7) is 0.443. The average molecular weight is 366 g/mol. The molecule has 26 heavy (non-hydrogen) atoms. The fraction of sp³-hybridized carbons (Fsp3) is 0.105. The Labute approximate surface area is 155 Å². The van der Waals surface area contributed by atoms with Crippen LogP contribution >= 0.6 is 11.6 Å². The maximum atomic E-state index is 8.89. The Morgan fingerprint density at radius 2 is 1.81 bits per heavy atom. The Balaban J connectivity index is 1.84. The smallest absolute Gasteiger partial charge is 0.222 e. The second kappa shape index (κ2) is 7.11. The standard InChI is InChI=1S/C19H16ClN5O/c20-15-1-3-16(4-2-15)25-17(9-13-5-6-21-12-18(13)25)14-10-23-19(24-11-14)22-7-8-26/h1-6,9-12,26H,7-8H2,(H,22,23,24). The van der Waals surface area contributed by atoms with Gasteiger partial charge in [-0.2, -0.15) is 0 Å². The van der Waals surface area contributed by atoms with Crippen molar-refractivity contribution in [1.29, 1.82) is 0 Å². The zero-order valence-electron chi connectivity index (χ0n) is 13.8. The fourth-order valence-corrected chi connectivity index (χ4v) is 2.97. The number of benzene rings is 1. The first-order valence-corrected chi connectivity index (χ1v) is 8.52. The molecule has 0 saturated carbocycles.